The molecule has 0 fully saturated rings. The highest BCUT2D eigenvalue weighted by molar-refractivity contribution is 6.09. The molecule has 0 bridgehead atoms. The van der Waals surface area contributed by atoms with E-state index in [0.717, 1.165) is 39.4 Å². The minimum atomic E-state index is -0.938. The Bertz CT molecular complexity index is 1360. The highest BCUT2D eigenvalue weighted by Crippen LogP contribution is 2.34. The van der Waals surface area contributed by atoms with Crippen molar-refractivity contribution in [2.75, 3.05) is 33.1 Å². The van der Waals surface area contributed by atoms with Crippen molar-refractivity contribution in [1.29, 1.82) is 0 Å². The van der Waals surface area contributed by atoms with Gasteiger partial charge in [0.2, 0.25) is 5.71 Å². The maximum absolute atomic E-state index is 11.1. The highest BCUT2D eigenvalue weighted by Gasteiger charge is 2.22. The number of hydrogen-bond donors (Lipinski definition) is 1. The van der Waals surface area contributed by atoms with Crippen LogP contribution in [0.2, 0.25) is 0 Å². The van der Waals surface area contributed by atoms with E-state index in [1.165, 1.54) is 0 Å². The normalized spacial score (nSPS) is 17.2. The molecule has 2 aromatic rings. The molecule has 35 heavy (non-hydrogen) atoms. The fraction of sp³-hybridized carbons (Fsp3) is 0.133. The third kappa shape index (κ3) is 5.41. The zero-order chi connectivity index (χ0) is 24.9. The van der Waals surface area contributed by atoms with Crippen molar-refractivity contribution in [3.63, 3.8) is 0 Å². The molecule has 1 aliphatic heterocycles. The van der Waals surface area contributed by atoms with Gasteiger partial charge in [0.25, 0.3) is 0 Å². The van der Waals surface area contributed by atoms with E-state index in [0.29, 0.717) is 5.76 Å². The Labute approximate surface area is 206 Å². The lowest BCUT2D eigenvalue weighted by molar-refractivity contribution is -0.463. The molecule has 2 aliphatic rings. The summed E-state index contributed by atoms with van der Waals surface area (Å²) < 4.78 is 8.45. The number of hydrogen-bond acceptors (Lipinski definition) is 3. The maximum atomic E-state index is 11.1. The van der Waals surface area contributed by atoms with Crippen LogP contribution in [-0.4, -0.2) is 49.6 Å². The molecule has 1 aliphatic carbocycles. The number of allylic oxidation sites excluding steroid dienone is 9. The summed E-state index contributed by atoms with van der Waals surface area (Å²) in [5.41, 5.74) is 6.49. The van der Waals surface area contributed by atoms with Gasteiger partial charge in [-0.3, -0.25) is 0 Å². The number of nitrogens with zero attached hydrogens (tertiary/aromatic N) is 2. The Morgan fingerprint density at radius 3 is 2.34 bits per heavy atom. The fourth-order valence-electron chi connectivity index (χ4n) is 3.99. The van der Waals surface area contributed by atoms with Crippen LogP contribution in [0.3, 0.4) is 0 Å². The van der Waals surface area contributed by atoms with Gasteiger partial charge in [0.15, 0.2) is 0 Å². The molecule has 0 aromatic heterocycles. The molecule has 1 heterocycles. The molecule has 4 rings (SSSR count). The van der Waals surface area contributed by atoms with Crippen LogP contribution in [0.25, 0.3) is 11.6 Å². The molecule has 0 atom stereocenters. The number of rotatable bonds is 5. The Balaban J connectivity index is 1.80. The SMILES string of the molecule is CN(C)c1ccccc1C1=C/C(=C2\C=CC=CC2=[N+](C)C)OC(C=Cc2ccc(C(=O)O)cc2)=C1. The monoisotopic (exact) mass is 465 g/mol. The number of para-hydroxylation sites is 1. The van der Waals surface area contributed by atoms with Gasteiger partial charge < -0.3 is 14.7 Å². The van der Waals surface area contributed by atoms with Crippen molar-refractivity contribution in [3.8, 4) is 0 Å². The maximum Gasteiger partial charge on any atom is 0.335 e. The molecule has 0 unspecified atom stereocenters. The lowest BCUT2D eigenvalue weighted by Crippen LogP contribution is -2.17. The van der Waals surface area contributed by atoms with Crippen LogP contribution in [0.4, 0.5) is 5.69 Å². The molecule has 0 amide bonds. The first-order valence-corrected chi connectivity index (χ1v) is 11.4. The van der Waals surface area contributed by atoms with Gasteiger partial charge in [-0.05, 0) is 53.6 Å². The summed E-state index contributed by atoms with van der Waals surface area (Å²) in [7, 11) is 8.11. The second-order valence-corrected chi connectivity index (χ2v) is 8.70. The van der Waals surface area contributed by atoms with Crippen molar-refractivity contribution < 1.29 is 19.2 Å². The number of benzene rings is 2. The zero-order valence-corrected chi connectivity index (χ0v) is 20.4. The summed E-state index contributed by atoms with van der Waals surface area (Å²) in [4.78, 5) is 13.3. The van der Waals surface area contributed by atoms with Crippen molar-refractivity contribution in [2.24, 2.45) is 0 Å². The number of carbonyl (C=O) groups is 1. The molecule has 0 saturated heterocycles. The summed E-state index contributed by atoms with van der Waals surface area (Å²) in [6, 6.07) is 15.1. The van der Waals surface area contributed by atoms with E-state index in [9.17, 15) is 4.79 Å². The van der Waals surface area contributed by atoms with E-state index in [-0.39, 0.29) is 5.56 Å². The van der Waals surface area contributed by atoms with E-state index in [2.05, 4.69) is 39.8 Å². The van der Waals surface area contributed by atoms with Crippen molar-refractivity contribution in [3.05, 3.63) is 125 Å². The fourth-order valence-corrected chi connectivity index (χ4v) is 3.99. The van der Waals surface area contributed by atoms with E-state index in [1.54, 1.807) is 24.3 Å². The topological polar surface area (TPSA) is 52.8 Å². The van der Waals surface area contributed by atoms with Crippen LogP contribution in [0.15, 0.2) is 108 Å². The first kappa shape index (κ1) is 23.8. The quantitative estimate of drug-likeness (QED) is 0.588. The van der Waals surface area contributed by atoms with Crippen molar-refractivity contribution in [2.45, 2.75) is 0 Å². The van der Waals surface area contributed by atoms with Crippen LogP contribution in [0.1, 0.15) is 21.5 Å². The second kappa shape index (κ2) is 10.3. The molecule has 0 spiro atoms. The molecule has 1 N–H and O–H groups in total. The largest absolute Gasteiger partial charge is 0.478 e. The van der Waals surface area contributed by atoms with Gasteiger partial charge >= 0.3 is 5.97 Å². The number of carboxylic acid groups (broad SMARTS) is 1. The molecule has 5 heteroatoms. The number of anilines is 1. The lowest BCUT2D eigenvalue weighted by atomic mass is 9.96. The molecule has 176 valence electrons. The average Bonchev–Trinajstić information content (AvgIpc) is 2.87. The Hall–Kier alpha value is -4.38. The van der Waals surface area contributed by atoms with Crippen LogP contribution >= 0.6 is 0 Å². The third-order valence-electron chi connectivity index (χ3n) is 5.76. The van der Waals surface area contributed by atoms with Crippen molar-refractivity contribution >= 4 is 29.0 Å². The van der Waals surface area contributed by atoms with Gasteiger partial charge in [-0.2, -0.15) is 0 Å². The number of carboxylic acids is 1. The minimum Gasteiger partial charge on any atom is -0.478 e. The number of aromatic carboxylic acids is 1. The average molecular weight is 466 g/mol. The standard InChI is InChI=1S/C30H28N2O3/c1-31(2)27-11-7-5-9-25(27)23-19-24(18-15-21-13-16-22(17-14-21)30(33)34)35-29(20-23)26-10-6-8-12-28(26)32(3)4/h5-20H,1-4H3/p+1. The Morgan fingerprint density at radius 2 is 1.66 bits per heavy atom. The molecule has 0 radical (unpaired) electrons. The Morgan fingerprint density at radius 1 is 0.943 bits per heavy atom. The molecule has 2 aromatic carbocycles. The summed E-state index contributed by atoms with van der Waals surface area (Å²) in [5, 5.41) is 9.14. The van der Waals surface area contributed by atoms with Gasteiger partial charge in [0.1, 0.15) is 25.6 Å². The van der Waals surface area contributed by atoms with Gasteiger partial charge in [-0.1, -0.05) is 48.6 Å². The third-order valence-corrected chi connectivity index (χ3v) is 5.76. The first-order chi connectivity index (χ1) is 16.8. The number of ether oxygens (including phenoxy) is 1. The lowest BCUT2D eigenvalue weighted by Gasteiger charge is -2.22. The predicted octanol–water partition coefficient (Wildman–Crippen LogP) is 5.55. The minimum absolute atomic E-state index is 0.261. The van der Waals surface area contributed by atoms with Gasteiger partial charge in [0.05, 0.1) is 11.1 Å². The zero-order valence-electron chi connectivity index (χ0n) is 20.4. The van der Waals surface area contributed by atoms with Crippen LogP contribution in [0, 0.1) is 0 Å². The summed E-state index contributed by atoms with van der Waals surface area (Å²) in [6.45, 7) is 0. The smallest absolute Gasteiger partial charge is 0.335 e. The second-order valence-electron chi connectivity index (χ2n) is 8.70. The van der Waals surface area contributed by atoms with Crippen molar-refractivity contribution in [1.82, 2.24) is 0 Å². The first-order valence-electron chi connectivity index (χ1n) is 11.4. The molecular formula is C30H29N2O3+. The van der Waals surface area contributed by atoms with E-state index in [1.807, 2.05) is 70.7 Å². The molecule has 5 nitrogen and oxygen atoms in total. The van der Waals surface area contributed by atoms with E-state index < -0.39 is 5.97 Å². The van der Waals surface area contributed by atoms with Crippen LogP contribution in [-0.2, 0) is 4.74 Å². The summed E-state index contributed by atoms with van der Waals surface area (Å²) >= 11 is 0. The van der Waals surface area contributed by atoms with E-state index >= 15 is 0 Å². The van der Waals surface area contributed by atoms with Crippen LogP contribution in [0.5, 0.6) is 0 Å². The van der Waals surface area contributed by atoms with Crippen LogP contribution < -0.4 is 4.90 Å². The summed E-state index contributed by atoms with van der Waals surface area (Å²) in [5.74, 6) is 0.523. The molecule has 0 saturated carbocycles. The Kier molecular flexibility index (Phi) is 6.97. The summed E-state index contributed by atoms with van der Waals surface area (Å²) in [6.07, 6.45) is 16.1. The van der Waals surface area contributed by atoms with Gasteiger partial charge in [0, 0.05) is 31.4 Å². The van der Waals surface area contributed by atoms with Gasteiger partial charge in [-0.15, -0.1) is 0 Å². The highest BCUT2D eigenvalue weighted by atomic mass is 16.5. The molecular weight excluding hydrogens is 436 g/mol. The van der Waals surface area contributed by atoms with Gasteiger partial charge in [-0.25, -0.2) is 9.37 Å². The predicted molar refractivity (Wildman–Crippen MR) is 143 cm³/mol. The van der Waals surface area contributed by atoms with E-state index in [4.69, 9.17) is 9.84 Å².